The summed E-state index contributed by atoms with van der Waals surface area (Å²) in [6.07, 6.45) is 4.52. The quantitative estimate of drug-likeness (QED) is 0.927. The predicted molar refractivity (Wildman–Crippen MR) is 78.2 cm³/mol. The van der Waals surface area contributed by atoms with Crippen LogP contribution in [-0.2, 0) is 18.9 Å². The molecule has 0 aromatic heterocycles. The van der Waals surface area contributed by atoms with E-state index in [0.717, 1.165) is 29.5 Å². The van der Waals surface area contributed by atoms with E-state index in [1.807, 2.05) is 24.3 Å². The van der Waals surface area contributed by atoms with Crippen molar-refractivity contribution < 1.29 is 18.9 Å². The first-order valence-electron chi connectivity index (χ1n) is 7.37. The summed E-state index contributed by atoms with van der Waals surface area (Å²) in [4.78, 5) is 0. The summed E-state index contributed by atoms with van der Waals surface area (Å²) >= 11 is 0. The van der Waals surface area contributed by atoms with Crippen molar-refractivity contribution in [3.05, 3.63) is 41.1 Å². The van der Waals surface area contributed by atoms with E-state index in [1.54, 1.807) is 0 Å². The molecule has 1 aromatic rings. The Morgan fingerprint density at radius 2 is 1.33 bits per heavy atom. The van der Waals surface area contributed by atoms with Crippen LogP contribution in [0.3, 0.4) is 0 Å². The fraction of sp³-hybridized carbons (Fsp3) is 0.500. The Kier molecular flexibility index (Phi) is 4.87. The van der Waals surface area contributed by atoms with Gasteiger partial charge in [0.15, 0.2) is 12.6 Å². The van der Waals surface area contributed by atoms with Gasteiger partial charge in [-0.1, -0.05) is 18.2 Å². The van der Waals surface area contributed by atoms with Gasteiger partial charge in [0.25, 0.3) is 0 Å². The zero-order valence-electron chi connectivity index (χ0n) is 12.0. The minimum Gasteiger partial charge on any atom is -0.405 e. The second-order valence-corrected chi connectivity index (χ2v) is 5.06. The van der Waals surface area contributed by atoms with Gasteiger partial charge < -0.3 is 24.7 Å². The Hall–Kier alpha value is -1.40. The van der Waals surface area contributed by atoms with Crippen LogP contribution in [0.5, 0.6) is 0 Å². The number of hydrogen-bond donors (Lipinski definition) is 1. The van der Waals surface area contributed by atoms with Crippen molar-refractivity contribution in [3.63, 3.8) is 0 Å². The molecule has 5 heteroatoms. The molecular weight excluding hydrogens is 270 g/mol. The van der Waals surface area contributed by atoms with Crippen LogP contribution in [0, 0.1) is 0 Å². The molecule has 0 spiro atoms. The first-order valence-corrected chi connectivity index (χ1v) is 7.37. The Bertz CT molecular complexity index is 455. The van der Waals surface area contributed by atoms with Gasteiger partial charge in [-0.3, -0.25) is 0 Å². The van der Waals surface area contributed by atoms with Gasteiger partial charge in [0.2, 0.25) is 0 Å². The predicted octanol–water partition coefficient (Wildman–Crippen LogP) is 2.49. The van der Waals surface area contributed by atoms with Crippen LogP contribution in [0.4, 0.5) is 0 Å². The van der Waals surface area contributed by atoms with Crippen molar-refractivity contribution in [1.82, 2.24) is 0 Å². The molecule has 0 saturated carbocycles. The van der Waals surface area contributed by atoms with Crippen LogP contribution in [0.1, 0.15) is 42.1 Å². The SMILES string of the molecule is N/C=C/c1c(C2OCCCO2)cccc1C1OCCCO1. The lowest BCUT2D eigenvalue weighted by Gasteiger charge is -2.29. The van der Waals surface area contributed by atoms with Gasteiger partial charge in [-0.25, -0.2) is 0 Å². The summed E-state index contributed by atoms with van der Waals surface area (Å²) in [6.45, 7) is 2.82. The summed E-state index contributed by atoms with van der Waals surface area (Å²) in [5, 5.41) is 0. The molecule has 2 heterocycles. The molecule has 2 fully saturated rings. The summed E-state index contributed by atoms with van der Waals surface area (Å²) in [5.41, 5.74) is 8.50. The molecule has 0 radical (unpaired) electrons. The number of ether oxygens (including phenoxy) is 4. The molecule has 21 heavy (non-hydrogen) atoms. The summed E-state index contributed by atoms with van der Waals surface area (Å²) < 4.78 is 22.9. The summed E-state index contributed by atoms with van der Waals surface area (Å²) in [5.74, 6) is 0. The normalized spacial score (nSPS) is 21.9. The Morgan fingerprint density at radius 1 is 0.857 bits per heavy atom. The van der Waals surface area contributed by atoms with Gasteiger partial charge in [0, 0.05) is 11.1 Å². The van der Waals surface area contributed by atoms with Crippen molar-refractivity contribution in [3.8, 4) is 0 Å². The zero-order valence-corrected chi connectivity index (χ0v) is 12.0. The van der Waals surface area contributed by atoms with Crippen LogP contribution in [0.2, 0.25) is 0 Å². The first kappa shape index (κ1) is 14.5. The van der Waals surface area contributed by atoms with E-state index in [0.29, 0.717) is 26.4 Å². The fourth-order valence-electron chi connectivity index (χ4n) is 2.64. The van der Waals surface area contributed by atoms with Crippen molar-refractivity contribution in [2.45, 2.75) is 25.4 Å². The third-order valence-electron chi connectivity index (χ3n) is 3.60. The number of nitrogens with two attached hydrogens (primary N) is 1. The Balaban J connectivity index is 1.95. The van der Waals surface area contributed by atoms with Crippen molar-refractivity contribution in [1.29, 1.82) is 0 Å². The van der Waals surface area contributed by atoms with Crippen molar-refractivity contribution >= 4 is 6.08 Å². The van der Waals surface area contributed by atoms with E-state index >= 15 is 0 Å². The highest BCUT2D eigenvalue weighted by Gasteiger charge is 2.25. The summed E-state index contributed by atoms with van der Waals surface area (Å²) in [7, 11) is 0. The first-order chi connectivity index (χ1) is 10.4. The average Bonchev–Trinajstić information content (AvgIpc) is 2.57. The molecule has 3 rings (SSSR count). The molecule has 1 aromatic carbocycles. The van der Waals surface area contributed by atoms with E-state index < -0.39 is 0 Å². The third-order valence-corrected chi connectivity index (χ3v) is 3.60. The van der Waals surface area contributed by atoms with Crippen molar-refractivity contribution in [2.24, 2.45) is 5.73 Å². The van der Waals surface area contributed by atoms with Gasteiger partial charge in [-0.15, -0.1) is 0 Å². The number of rotatable bonds is 3. The highest BCUT2D eigenvalue weighted by Crippen LogP contribution is 2.33. The Labute approximate surface area is 124 Å². The molecule has 0 aliphatic carbocycles. The van der Waals surface area contributed by atoms with Gasteiger partial charge in [-0.05, 0) is 30.7 Å². The smallest absolute Gasteiger partial charge is 0.184 e. The Morgan fingerprint density at radius 3 is 1.76 bits per heavy atom. The van der Waals surface area contributed by atoms with Crippen LogP contribution in [0.15, 0.2) is 24.4 Å². The van der Waals surface area contributed by atoms with Gasteiger partial charge in [0.1, 0.15) is 0 Å². The monoisotopic (exact) mass is 291 g/mol. The lowest BCUT2D eigenvalue weighted by molar-refractivity contribution is -0.186. The molecule has 2 aliphatic rings. The highest BCUT2D eigenvalue weighted by molar-refractivity contribution is 5.58. The molecule has 2 aliphatic heterocycles. The zero-order chi connectivity index (χ0) is 14.5. The molecule has 0 bridgehead atoms. The van der Waals surface area contributed by atoms with E-state index in [-0.39, 0.29) is 12.6 Å². The molecule has 0 unspecified atom stereocenters. The van der Waals surface area contributed by atoms with Gasteiger partial charge >= 0.3 is 0 Å². The van der Waals surface area contributed by atoms with Gasteiger partial charge in [-0.2, -0.15) is 0 Å². The molecule has 0 atom stereocenters. The van der Waals surface area contributed by atoms with Crippen LogP contribution in [0.25, 0.3) is 6.08 Å². The molecule has 2 N–H and O–H groups in total. The second kappa shape index (κ2) is 7.04. The number of hydrogen-bond acceptors (Lipinski definition) is 5. The molecule has 5 nitrogen and oxygen atoms in total. The second-order valence-electron chi connectivity index (χ2n) is 5.06. The van der Waals surface area contributed by atoms with E-state index in [1.165, 1.54) is 6.20 Å². The lowest BCUT2D eigenvalue weighted by atomic mass is 9.99. The standard InChI is InChI=1S/C16H21NO4/c17-7-6-12-13(15-18-8-2-9-19-15)4-1-5-14(12)16-20-10-3-11-21-16/h1,4-7,15-16H,2-3,8-11,17H2/b7-6+. The minimum atomic E-state index is -0.353. The van der Waals surface area contributed by atoms with E-state index in [4.69, 9.17) is 24.7 Å². The van der Waals surface area contributed by atoms with E-state index in [2.05, 4.69) is 0 Å². The van der Waals surface area contributed by atoms with E-state index in [9.17, 15) is 0 Å². The van der Waals surface area contributed by atoms with Gasteiger partial charge in [0.05, 0.1) is 26.4 Å². The third kappa shape index (κ3) is 3.27. The minimum absolute atomic E-state index is 0.353. The van der Waals surface area contributed by atoms with Crippen molar-refractivity contribution in [2.75, 3.05) is 26.4 Å². The number of benzene rings is 1. The fourth-order valence-corrected chi connectivity index (χ4v) is 2.64. The lowest BCUT2D eigenvalue weighted by Crippen LogP contribution is -2.21. The topological polar surface area (TPSA) is 62.9 Å². The largest absolute Gasteiger partial charge is 0.405 e. The maximum absolute atomic E-state index is 5.71. The van der Waals surface area contributed by atoms with Crippen LogP contribution in [-0.4, -0.2) is 26.4 Å². The maximum Gasteiger partial charge on any atom is 0.184 e. The maximum atomic E-state index is 5.71. The highest BCUT2D eigenvalue weighted by atomic mass is 16.7. The summed E-state index contributed by atoms with van der Waals surface area (Å²) in [6, 6.07) is 5.97. The molecule has 2 saturated heterocycles. The van der Waals surface area contributed by atoms with Crippen LogP contribution >= 0.6 is 0 Å². The molecule has 114 valence electrons. The molecular formula is C16H21NO4. The average molecular weight is 291 g/mol. The molecule has 0 amide bonds. The van der Waals surface area contributed by atoms with Crippen LogP contribution < -0.4 is 5.73 Å².